The molecule has 1 fully saturated rings. The number of carbonyl (C=O) groups excluding carboxylic acids is 1. The number of carbonyl (C=O) groups is 1. The molecule has 1 aliphatic rings. The van der Waals surface area contributed by atoms with Gasteiger partial charge in [-0.3, -0.25) is 9.69 Å². The van der Waals surface area contributed by atoms with E-state index >= 15 is 0 Å². The standard InChI is InChI=1S/C13H27N3O2/c1-11(10-18-3)8-13(17)16-6-4-15(5-7-16)12(2)9-14/h11-12H,4-10,14H2,1-3H3. The third-order valence-electron chi connectivity index (χ3n) is 3.61. The smallest absolute Gasteiger partial charge is 0.223 e. The van der Waals surface area contributed by atoms with E-state index in [0.29, 0.717) is 31.5 Å². The molecule has 2 unspecified atom stereocenters. The minimum Gasteiger partial charge on any atom is -0.384 e. The van der Waals surface area contributed by atoms with Crippen molar-refractivity contribution in [1.82, 2.24) is 9.80 Å². The number of rotatable bonds is 6. The first-order chi connectivity index (χ1) is 8.58. The van der Waals surface area contributed by atoms with Crippen LogP contribution < -0.4 is 5.73 Å². The molecule has 1 amide bonds. The Kier molecular flexibility index (Phi) is 6.60. The average Bonchev–Trinajstić information content (AvgIpc) is 2.38. The summed E-state index contributed by atoms with van der Waals surface area (Å²) in [5.41, 5.74) is 5.66. The molecule has 1 saturated heterocycles. The van der Waals surface area contributed by atoms with Crippen LogP contribution in [0.15, 0.2) is 0 Å². The highest BCUT2D eigenvalue weighted by atomic mass is 16.5. The Balaban J connectivity index is 2.31. The topological polar surface area (TPSA) is 58.8 Å². The second-order valence-corrected chi connectivity index (χ2v) is 5.27. The molecule has 0 bridgehead atoms. The van der Waals surface area contributed by atoms with E-state index in [-0.39, 0.29) is 5.91 Å². The Morgan fingerprint density at radius 3 is 2.39 bits per heavy atom. The van der Waals surface area contributed by atoms with E-state index in [9.17, 15) is 4.79 Å². The van der Waals surface area contributed by atoms with E-state index in [1.165, 1.54) is 0 Å². The summed E-state index contributed by atoms with van der Waals surface area (Å²) < 4.78 is 5.06. The van der Waals surface area contributed by atoms with Crippen LogP contribution in [-0.2, 0) is 9.53 Å². The van der Waals surface area contributed by atoms with Gasteiger partial charge in [-0.05, 0) is 12.8 Å². The molecule has 0 saturated carbocycles. The van der Waals surface area contributed by atoms with Crippen molar-refractivity contribution in [2.75, 3.05) is 46.4 Å². The molecule has 106 valence electrons. The van der Waals surface area contributed by atoms with E-state index in [2.05, 4.69) is 11.8 Å². The number of nitrogens with two attached hydrogens (primary N) is 1. The van der Waals surface area contributed by atoms with Gasteiger partial charge >= 0.3 is 0 Å². The highest BCUT2D eigenvalue weighted by molar-refractivity contribution is 5.76. The lowest BCUT2D eigenvalue weighted by Gasteiger charge is -2.38. The van der Waals surface area contributed by atoms with Crippen LogP contribution in [0.1, 0.15) is 20.3 Å². The van der Waals surface area contributed by atoms with E-state index in [1.54, 1.807) is 7.11 Å². The normalized spacial score (nSPS) is 20.8. The second-order valence-electron chi connectivity index (χ2n) is 5.27. The van der Waals surface area contributed by atoms with Gasteiger partial charge in [-0.1, -0.05) is 6.92 Å². The summed E-state index contributed by atoms with van der Waals surface area (Å²) >= 11 is 0. The zero-order valence-electron chi connectivity index (χ0n) is 11.9. The minimum absolute atomic E-state index is 0.250. The number of nitrogens with zero attached hydrogens (tertiary/aromatic N) is 2. The van der Waals surface area contributed by atoms with E-state index in [0.717, 1.165) is 26.2 Å². The Bertz CT molecular complexity index is 253. The van der Waals surface area contributed by atoms with Gasteiger partial charge in [0.15, 0.2) is 0 Å². The van der Waals surface area contributed by atoms with Gasteiger partial charge in [0.05, 0.1) is 0 Å². The first kappa shape index (κ1) is 15.4. The van der Waals surface area contributed by atoms with Crippen LogP contribution in [0.5, 0.6) is 0 Å². The van der Waals surface area contributed by atoms with E-state index in [4.69, 9.17) is 10.5 Å². The van der Waals surface area contributed by atoms with Gasteiger partial charge in [0, 0.05) is 58.9 Å². The fourth-order valence-corrected chi connectivity index (χ4v) is 2.33. The number of hydrogen-bond acceptors (Lipinski definition) is 4. The maximum Gasteiger partial charge on any atom is 0.223 e. The molecule has 5 nitrogen and oxygen atoms in total. The molecule has 2 atom stereocenters. The molecule has 0 aromatic rings. The zero-order chi connectivity index (χ0) is 13.5. The highest BCUT2D eigenvalue weighted by Crippen LogP contribution is 2.10. The van der Waals surface area contributed by atoms with Crippen LogP contribution in [0, 0.1) is 5.92 Å². The lowest BCUT2D eigenvalue weighted by Crippen LogP contribution is -2.53. The average molecular weight is 257 g/mol. The molecule has 0 aromatic carbocycles. The molecule has 18 heavy (non-hydrogen) atoms. The lowest BCUT2D eigenvalue weighted by molar-refractivity contribution is -0.134. The van der Waals surface area contributed by atoms with Crippen molar-refractivity contribution >= 4 is 5.91 Å². The Morgan fingerprint density at radius 2 is 1.89 bits per heavy atom. The van der Waals surface area contributed by atoms with Gasteiger partial charge in [0.2, 0.25) is 5.91 Å². The van der Waals surface area contributed by atoms with Crippen LogP contribution in [0.4, 0.5) is 0 Å². The maximum atomic E-state index is 12.1. The molecule has 1 rings (SSSR count). The lowest BCUT2D eigenvalue weighted by atomic mass is 10.1. The van der Waals surface area contributed by atoms with Gasteiger partial charge in [0.1, 0.15) is 0 Å². The molecule has 5 heteroatoms. The number of ether oxygens (including phenoxy) is 1. The Labute approximate surface area is 110 Å². The number of methoxy groups -OCH3 is 1. The van der Waals surface area contributed by atoms with Crippen molar-refractivity contribution in [3.05, 3.63) is 0 Å². The Hall–Kier alpha value is -0.650. The van der Waals surface area contributed by atoms with Crippen molar-refractivity contribution in [1.29, 1.82) is 0 Å². The van der Waals surface area contributed by atoms with Crippen LogP contribution in [0.25, 0.3) is 0 Å². The Morgan fingerprint density at radius 1 is 1.28 bits per heavy atom. The highest BCUT2D eigenvalue weighted by Gasteiger charge is 2.24. The third-order valence-corrected chi connectivity index (χ3v) is 3.61. The first-order valence-electron chi connectivity index (χ1n) is 6.79. The fraction of sp³-hybridized carbons (Fsp3) is 0.923. The summed E-state index contributed by atoms with van der Waals surface area (Å²) in [6.07, 6.45) is 0.584. The van der Waals surface area contributed by atoms with Gasteiger partial charge < -0.3 is 15.4 Å². The predicted octanol–water partition coefficient (Wildman–Crippen LogP) is 0.150. The zero-order valence-corrected chi connectivity index (χ0v) is 11.9. The molecule has 0 aromatic heterocycles. The van der Waals surface area contributed by atoms with Crippen LogP contribution in [-0.4, -0.2) is 68.2 Å². The molecule has 1 heterocycles. The van der Waals surface area contributed by atoms with Crippen molar-refractivity contribution < 1.29 is 9.53 Å². The fourth-order valence-electron chi connectivity index (χ4n) is 2.33. The molecule has 0 spiro atoms. The molecule has 1 aliphatic heterocycles. The summed E-state index contributed by atoms with van der Waals surface area (Å²) in [6.45, 7) is 9.03. The third kappa shape index (κ3) is 4.55. The number of piperazine rings is 1. The predicted molar refractivity (Wildman–Crippen MR) is 72.3 cm³/mol. The van der Waals surface area contributed by atoms with Crippen molar-refractivity contribution in [3.8, 4) is 0 Å². The van der Waals surface area contributed by atoms with Gasteiger partial charge in [0.25, 0.3) is 0 Å². The van der Waals surface area contributed by atoms with Crippen LogP contribution in [0.2, 0.25) is 0 Å². The van der Waals surface area contributed by atoms with Crippen molar-refractivity contribution in [3.63, 3.8) is 0 Å². The molecule has 2 N–H and O–H groups in total. The molecular weight excluding hydrogens is 230 g/mol. The molecular formula is C13H27N3O2. The quantitative estimate of drug-likeness (QED) is 0.736. The number of hydrogen-bond donors (Lipinski definition) is 1. The van der Waals surface area contributed by atoms with Gasteiger partial charge in [-0.2, -0.15) is 0 Å². The summed E-state index contributed by atoms with van der Waals surface area (Å²) in [5, 5.41) is 0. The van der Waals surface area contributed by atoms with Gasteiger partial charge in [-0.15, -0.1) is 0 Å². The van der Waals surface area contributed by atoms with Crippen LogP contribution in [0.3, 0.4) is 0 Å². The summed E-state index contributed by atoms with van der Waals surface area (Å²) in [5.74, 6) is 0.545. The van der Waals surface area contributed by atoms with Crippen molar-refractivity contribution in [2.24, 2.45) is 11.7 Å². The monoisotopic (exact) mass is 257 g/mol. The summed E-state index contributed by atoms with van der Waals surface area (Å²) in [7, 11) is 1.67. The van der Waals surface area contributed by atoms with Crippen molar-refractivity contribution in [2.45, 2.75) is 26.3 Å². The summed E-state index contributed by atoms with van der Waals surface area (Å²) in [6, 6.07) is 0.412. The largest absolute Gasteiger partial charge is 0.384 e. The second kappa shape index (κ2) is 7.71. The molecule has 0 aliphatic carbocycles. The van der Waals surface area contributed by atoms with Crippen LogP contribution >= 0.6 is 0 Å². The molecule has 0 radical (unpaired) electrons. The minimum atomic E-state index is 0.250. The van der Waals surface area contributed by atoms with E-state index < -0.39 is 0 Å². The first-order valence-corrected chi connectivity index (χ1v) is 6.79. The summed E-state index contributed by atoms with van der Waals surface area (Å²) in [4.78, 5) is 16.4. The van der Waals surface area contributed by atoms with Gasteiger partial charge in [-0.25, -0.2) is 0 Å². The maximum absolute atomic E-state index is 12.1. The SMILES string of the molecule is COCC(C)CC(=O)N1CCN(C(C)CN)CC1. The number of amides is 1. The van der Waals surface area contributed by atoms with E-state index in [1.807, 2.05) is 11.8 Å².